The number of benzene rings is 1. The quantitative estimate of drug-likeness (QED) is 0.754. The lowest BCUT2D eigenvalue weighted by molar-refractivity contribution is 0.458. The molecule has 1 aliphatic heterocycles. The van der Waals surface area contributed by atoms with Crippen LogP contribution in [0, 0.1) is 0 Å². The second kappa shape index (κ2) is 4.61. The largest absolute Gasteiger partial charge is 0.317 e. The van der Waals surface area contributed by atoms with Gasteiger partial charge < -0.3 is 5.32 Å². The lowest BCUT2D eigenvalue weighted by Crippen LogP contribution is -2.27. The van der Waals surface area contributed by atoms with Crippen molar-refractivity contribution in [3.63, 3.8) is 0 Å². The molecule has 1 aromatic carbocycles. The Bertz CT molecular complexity index is 287. The lowest BCUT2D eigenvalue weighted by Gasteiger charge is -2.24. The van der Waals surface area contributed by atoms with E-state index in [1.165, 1.54) is 32.4 Å². The molecular weight excluding hydrogens is 170 g/mol. The van der Waals surface area contributed by atoms with Crippen LogP contribution in [0.25, 0.3) is 0 Å². The molecule has 0 saturated carbocycles. The number of piperidine rings is 1. The van der Waals surface area contributed by atoms with E-state index in [1.807, 2.05) is 0 Å². The van der Waals surface area contributed by atoms with Crippen molar-refractivity contribution in [1.82, 2.24) is 5.32 Å². The van der Waals surface area contributed by atoms with E-state index in [0.29, 0.717) is 0 Å². The Balaban J connectivity index is 2.20. The highest BCUT2D eigenvalue weighted by Gasteiger charge is 2.16. The zero-order valence-corrected chi connectivity index (χ0v) is 8.92. The predicted octanol–water partition coefficient (Wildman–Crippen LogP) is 2.72. The average molecular weight is 189 g/mol. The van der Waals surface area contributed by atoms with Gasteiger partial charge in [-0.1, -0.05) is 31.2 Å². The zero-order valence-electron chi connectivity index (χ0n) is 8.92. The molecule has 0 aromatic heterocycles. The summed E-state index contributed by atoms with van der Waals surface area (Å²) in [5, 5.41) is 3.42. The summed E-state index contributed by atoms with van der Waals surface area (Å²) in [5.41, 5.74) is 3.14. The van der Waals surface area contributed by atoms with Crippen molar-refractivity contribution in [2.75, 3.05) is 13.1 Å². The smallest absolute Gasteiger partial charge is 0.00431 e. The summed E-state index contributed by atoms with van der Waals surface area (Å²) in [5.74, 6) is 0.799. The van der Waals surface area contributed by atoms with E-state index in [4.69, 9.17) is 0 Å². The van der Waals surface area contributed by atoms with Crippen LogP contribution in [0.5, 0.6) is 0 Å². The maximum Gasteiger partial charge on any atom is -0.00431 e. The van der Waals surface area contributed by atoms with Crippen LogP contribution in [0.1, 0.15) is 36.8 Å². The summed E-state index contributed by atoms with van der Waals surface area (Å²) < 4.78 is 0. The molecule has 1 heteroatoms. The van der Waals surface area contributed by atoms with Crippen LogP contribution >= 0.6 is 0 Å². The molecule has 0 spiro atoms. The Morgan fingerprint density at radius 2 is 1.93 bits per heavy atom. The van der Waals surface area contributed by atoms with Gasteiger partial charge in [-0.05, 0) is 49.4 Å². The van der Waals surface area contributed by atoms with Crippen LogP contribution in [0.3, 0.4) is 0 Å². The molecule has 1 aliphatic rings. The standard InChI is InChI=1S/C13H19N/c1-2-11-5-3-4-6-13(11)12-7-9-14-10-8-12/h3-6,12,14H,2,7-10H2,1H3. The highest BCUT2D eigenvalue weighted by Crippen LogP contribution is 2.27. The van der Waals surface area contributed by atoms with E-state index >= 15 is 0 Å². The molecule has 1 fully saturated rings. The van der Waals surface area contributed by atoms with Crippen molar-refractivity contribution < 1.29 is 0 Å². The number of aryl methyl sites for hydroxylation is 1. The summed E-state index contributed by atoms with van der Waals surface area (Å²) in [4.78, 5) is 0. The van der Waals surface area contributed by atoms with Crippen LogP contribution in [-0.2, 0) is 6.42 Å². The van der Waals surface area contributed by atoms with Crippen molar-refractivity contribution in [3.8, 4) is 0 Å². The normalized spacial score (nSPS) is 18.4. The zero-order chi connectivity index (χ0) is 9.80. The van der Waals surface area contributed by atoms with Crippen molar-refractivity contribution in [2.45, 2.75) is 32.1 Å². The third kappa shape index (κ3) is 1.98. The summed E-state index contributed by atoms with van der Waals surface area (Å²) in [6.45, 7) is 4.62. The van der Waals surface area contributed by atoms with Gasteiger partial charge in [-0.25, -0.2) is 0 Å². The molecule has 0 aliphatic carbocycles. The highest BCUT2D eigenvalue weighted by molar-refractivity contribution is 5.30. The van der Waals surface area contributed by atoms with Gasteiger partial charge in [0.25, 0.3) is 0 Å². The molecule has 0 amide bonds. The fraction of sp³-hybridized carbons (Fsp3) is 0.538. The van der Waals surface area contributed by atoms with Gasteiger partial charge in [-0.15, -0.1) is 0 Å². The fourth-order valence-electron chi connectivity index (χ4n) is 2.39. The number of nitrogens with one attached hydrogen (secondary N) is 1. The molecule has 2 rings (SSSR count). The van der Waals surface area contributed by atoms with Crippen LogP contribution in [0.2, 0.25) is 0 Å². The van der Waals surface area contributed by atoms with Gasteiger partial charge in [-0.3, -0.25) is 0 Å². The molecule has 1 aromatic rings. The van der Waals surface area contributed by atoms with E-state index in [1.54, 1.807) is 11.1 Å². The predicted molar refractivity (Wildman–Crippen MR) is 60.7 cm³/mol. The second-order valence-electron chi connectivity index (χ2n) is 4.08. The Hall–Kier alpha value is -0.820. The molecule has 1 N–H and O–H groups in total. The summed E-state index contributed by atoms with van der Waals surface area (Å²) in [6.07, 6.45) is 3.77. The third-order valence-corrected chi connectivity index (χ3v) is 3.21. The van der Waals surface area contributed by atoms with Crippen molar-refractivity contribution >= 4 is 0 Å². The van der Waals surface area contributed by atoms with Gasteiger partial charge in [0.05, 0.1) is 0 Å². The maximum atomic E-state index is 3.42. The van der Waals surface area contributed by atoms with Crippen LogP contribution in [0.4, 0.5) is 0 Å². The molecule has 0 atom stereocenters. The Morgan fingerprint density at radius 3 is 2.64 bits per heavy atom. The van der Waals surface area contributed by atoms with E-state index in [2.05, 4.69) is 36.5 Å². The molecule has 76 valence electrons. The second-order valence-corrected chi connectivity index (χ2v) is 4.08. The topological polar surface area (TPSA) is 12.0 Å². The third-order valence-electron chi connectivity index (χ3n) is 3.21. The van der Waals surface area contributed by atoms with E-state index in [-0.39, 0.29) is 0 Å². The molecule has 0 unspecified atom stereocenters. The first-order valence-electron chi connectivity index (χ1n) is 5.70. The summed E-state index contributed by atoms with van der Waals surface area (Å²) >= 11 is 0. The minimum Gasteiger partial charge on any atom is -0.317 e. The Kier molecular flexibility index (Phi) is 3.20. The fourth-order valence-corrected chi connectivity index (χ4v) is 2.39. The van der Waals surface area contributed by atoms with Gasteiger partial charge >= 0.3 is 0 Å². The highest BCUT2D eigenvalue weighted by atomic mass is 14.9. The summed E-state index contributed by atoms with van der Waals surface area (Å²) in [6, 6.07) is 8.92. The van der Waals surface area contributed by atoms with Gasteiger partial charge in [0.15, 0.2) is 0 Å². The minimum atomic E-state index is 0.799. The SMILES string of the molecule is CCc1ccccc1C1CCNCC1. The van der Waals surface area contributed by atoms with Crippen molar-refractivity contribution in [1.29, 1.82) is 0 Å². The van der Waals surface area contributed by atoms with Crippen molar-refractivity contribution in [3.05, 3.63) is 35.4 Å². The van der Waals surface area contributed by atoms with E-state index in [9.17, 15) is 0 Å². The average Bonchev–Trinajstić information content (AvgIpc) is 2.30. The molecule has 1 heterocycles. The molecule has 1 nitrogen and oxygen atoms in total. The first kappa shape index (κ1) is 9.72. The molecule has 0 radical (unpaired) electrons. The van der Waals surface area contributed by atoms with Gasteiger partial charge in [0, 0.05) is 0 Å². The molecule has 0 bridgehead atoms. The van der Waals surface area contributed by atoms with Gasteiger partial charge in [0.1, 0.15) is 0 Å². The van der Waals surface area contributed by atoms with Gasteiger partial charge in [0.2, 0.25) is 0 Å². The first-order valence-corrected chi connectivity index (χ1v) is 5.70. The maximum absolute atomic E-state index is 3.42. The number of hydrogen-bond donors (Lipinski definition) is 1. The van der Waals surface area contributed by atoms with Crippen LogP contribution in [0.15, 0.2) is 24.3 Å². The molecular formula is C13H19N. The van der Waals surface area contributed by atoms with Crippen LogP contribution in [-0.4, -0.2) is 13.1 Å². The van der Waals surface area contributed by atoms with E-state index in [0.717, 1.165) is 5.92 Å². The minimum absolute atomic E-state index is 0.799. The first-order chi connectivity index (χ1) is 6.92. The van der Waals surface area contributed by atoms with Crippen molar-refractivity contribution in [2.24, 2.45) is 0 Å². The van der Waals surface area contributed by atoms with Crippen LogP contribution < -0.4 is 5.32 Å². The molecule has 14 heavy (non-hydrogen) atoms. The number of hydrogen-bond acceptors (Lipinski definition) is 1. The Morgan fingerprint density at radius 1 is 1.21 bits per heavy atom. The van der Waals surface area contributed by atoms with Gasteiger partial charge in [-0.2, -0.15) is 0 Å². The summed E-state index contributed by atoms with van der Waals surface area (Å²) in [7, 11) is 0. The molecule has 1 saturated heterocycles. The van der Waals surface area contributed by atoms with E-state index < -0.39 is 0 Å². The Labute approximate surface area is 86.5 Å². The monoisotopic (exact) mass is 189 g/mol. The number of rotatable bonds is 2. The lowest BCUT2D eigenvalue weighted by atomic mass is 9.86.